The molecule has 2 N–H and O–H groups in total. The van der Waals surface area contributed by atoms with Crippen LogP contribution in [0.15, 0.2) is 59.2 Å². The summed E-state index contributed by atoms with van der Waals surface area (Å²) < 4.78 is 25.3. The van der Waals surface area contributed by atoms with Gasteiger partial charge in [-0.1, -0.05) is 12.1 Å². The molecular weight excluding hydrogens is 463 g/mol. The largest absolute Gasteiger partial charge is 0.484 e. The molecule has 0 bridgehead atoms. The molecule has 2 amide bonds. The molecule has 4 rings (SSSR count). The zero-order chi connectivity index (χ0) is 23.2. The lowest BCUT2D eigenvalue weighted by Gasteiger charge is -2.21. The van der Waals surface area contributed by atoms with Gasteiger partial charge in [-0.15, -0.1) is 23.5 Å². The van der Waals surface area contributed by atoms with Crippen LogP contribution in [0.25, 0.3) is 0 Å². The van der Waals surface area contributed by atoms with E-state index in [2.05, 4.69) is 10.6 Å². The number of rotatable bonds is 7. The Labute approximate surface area is 199 Å². The highest BCUT2D eigenvalue weighted by Gasteiger charge is 2.17. The second-order valence-corrected chi connectivity index (χ2v) is 10.1. The maximum Gasteiger partial charge on any atom is 0.262 e. The van der Waals surface area contributed by atoms with Crippen LogP contribution >= 0.6 is 23.5 Å². The number of benzene rings is 2. The average Bonchev–Trinajstić information content (AvgIpc) is 3.27. The highest BCUT2D eigenvalue weighted by atomic mass is 32.2. The molecule has 2 aromatic carbocycles. The lowest BCUT2D eigenvalue weighted by molar-refractivity contribution is -0.118. The topological polar surface area (TPSA) is 80.6 Å². The van der Waals surface area contributed by atoms with Gasteiger partial charge in [0.2, 0.25) is 0 Å². The summed E-state index contributed by atoms with van der Waals surface area (Å²) in [6, 6.07) is 13.2. The number of halogens is 1. The summed E-state index contributed by atoms with van der Waals surface area (Å²) in [4.78, 5) is 24.6. The predicted octanol–water partition coefficient (Wildman–Crippen LogP) is 5.87. The third-order valence-corrected chi connectivity index (χ3v) is 7.97. The second kappa shape index (κ2) is 10.8. The molecule has 6 nitrogen and oxygen atoms in total. The first kappa shape index (κ1) is 23.3. The molecule has 1 fully saturated rings. The minimum Gasteiger partial charge on any atom is -0.484 e. The van der Waals surface area contributed by atoms with Gasteiger partial charge in [-0.2, -0.15) is 0 Å². The van der Waals surface area contributed by atoms with Crippen molar-refractivity contribution in [3.63, 3.8) is 0 Å². The molecule has 2 heterocycles. The minimum absolute atomic E-state index is 0.0478. The van der Waals surface area contributed by atoms with E-state index in [1.807, 2.05) is 47.8 Å². The zero-order valence-electron chi connectivity index (χ0n) is 17.9. The van der Waals surface area contributed by atoms with Crippen molar-refractivity contribution in [2.24, 2.45) is 0 Å². The average molecular weight is 487 g/mol. The van der Waals surface area contributed by atoms with Crippen molar-refractivity contribution in [3.05, 3.63) is 77.5 Å². The Kier molecular flexibility index (Phi) is 7.61. The maximum atomic E-state index is 14.2. The number of aryl methyl sites for hydroxylation is 1. The summed E-state index contributed by atoms with van der Waals surface area (Å²) in [5, 5.41) is 5.15. The fraction of sp³-hybridized carbons (Fsp3) is 0.250. The van der Waals surface area contributed by atoms with E-state index >= 15 is 0 Å². The first-order valence-electron chi connectivity index (χ1n) is 10.4. The molecule has 3 aromatic rings. The van der Waals surface area contributed by atoms with E-state index in [0.29, 0.717) is 27.3 Å². The van der Waals surface area contributed by atoms with Gasteiger partial charge in [0.05, 0.1) is 22.1 Å². The van der Waals surface area contributed by atoms with Crippen LogP contribution in [0, 0.1) is 12.7 Å². The van der Waals surface area contributed by atoms with Gasteiger partial charge in [0.1, 0.15) is 17.3 Å². The first-order valence-corrected chi connectivity index (χ1v) is 12.5. The molecular formula is C24H23FN2O4S2. The van der Waals surface area contributed by atoms with Crippen LogP contribution in [0.3, 0.4) is 0 Å². The number of ether oxygens (including phenoxy) is 1. The fourth-order valence-electron chi connectivity index (χ4n) is 3.26. The Bertz CT molecular complexity index is 1130. The van der Waals surface area contributed by atoms with Crippen LogP contribution < -0.4 is 15.4 Å². The molecule has 0 spiro atoms. The monoisotopic (exact) mass is 486 g/mol. The lowest BCUT2D eigenvalue weighted by Crippen LogP contribution is -2.20. The van der Waals surface area contributed by atoms with Gasteiger partial charge in [-0.3, -0.25) is 9.59 Å². The van der Waals surface area contributed by atoms with Gasteiger partial charge in [0.25, 0.3) is 11.8 Å². The van der Waals surface area contributed by atoms with Crippen LogP contribution in [-0.4, -0.2) is 29.9 Å². The SMILES string of the molecule is Cc1occc1C(=O)Nc1cc(NC(=O)COc2ccc(C3SCCCS3)cc2)ccc1F. The number of furan rings is 1. The molecule has 172 valence electrons. The van der Waals surface area contributed by atoms with Crippen molar-refractivity contribution in [1.29, 1.82) is 0 Å². The summed E-state index contributed by atoms with van der Waals surface area (Å²) in [5.74, 6) is 1.86. The van der Waals surface area contributed by atoms with Crippen molar-refractivity contribution >= 4 is 46.7 Å². The Morgan fingerprint density at radius 1 is 1.09 bits per heavy atom. The van der Waals surface area contributed by atoms with Crippen molar-refractivity contribution in [3.8, 4) is 5.75 Å². The summed E-state index contributed by atoms with van der Waals surface area (Å²) in [6.07, 6.45) is 2.63. The smallest absolute Gasteiger partial charge is 0.262 e. The molecule has 1 aliphatic rings. The summed E-state index contributed by atoms with van der Waals surface area (Å²) in [6.45, 7) is 1.45. The van der Waals surface area contributed by atoms with Crippen molar-refractivity contribution in [2.75, 3.05) is 28.7 Å². The van der Waals surface area contributed by atoms with E-state index in [1.54, 1.807) is 6.92 Å². The van der Waals surface area contributed by atoms with Gasteiger partial charge in [-0.05, 0) is 66.8 Å². The first-order chi connectivity index (χ1) is 16.0. The fourth-order valence-corrected chi connectivity index (χ4v) is 6.15. The van der Waals surface area contributed by atoms with Gasteiger partial charge in [0.15, 0.2) is 6.61 Å². The molecule has 1 aliphatic heterocycles. The van der Waals surface area contributed by atoms with Crippen LogP contribution in [0.2, 0.25) is 0 Å². The normalized spacial score (nSPS) is 14.0. The lowest BCUT2D eigenvalue weighted by atomic mass is 10.2. The van der Waals surface area contributed by atoms with E-state index < -0.39 is 17.6 Å². The summed E-state index contributed by atoms with van der Waals surface area (Å²) in [7, 11) is 0. The number of carbonyl (C=O) groups excluding carboxylic acids is 2. The number of amides is 2. The quantitative estimate of drug-likeness (QED) is 0.435. The predicted molar refractivity (Wildman–Crippen MR) is 131 cm³/mol. The zero-order valence-corrected chi connectivity index (χ0v) is 19.6. The molecule has 0 saturated carbocycles. The number of anilines is 2. The third-order valence-electron chi connectivity index (χ3n) is 4.95. The van der Waals surface area contributed by atoms with Crippen LogP contribution in [-0.2, 0) is 4.79 Å². The summed E-state index contributed by atoms with van der Waals surface area (Å²) in [5.41, 5.74) is 1.84. The van der Waals surface area contributed by atoms with Crippen molar-refractivity contribution < 1.29 is 23.1 Å². The standard InChI is InChI=1S/C24H23FN2O4S2/c1-15-19(9-10-30-15)23(29)27-21-13-17(5-8-20(21)25)26-22(28)14-31-18-6-3-16(4-7-18)24-32-11-2-12-33-24/h3-10,13,24H,2,11-12,14H2,1H3,(H,26,28)(H,27,29). The molecule has 9 heteroatoms. The van der Waals surface area contributed by atoms with E-state index in [9.17, 15) is 14.0 Å². The van der Waals surface area contributed by atoms with Crippen LogP contribution in [0.4, 0.5) is 15.8 Å². The molecule has 33 heavy (non-hydrogen) atoms. The maximum absolute atomic E-state index is 14.2. The van der Waals surface area contributed by atoms with Gasteiger partial charge >= 0.3 is 0 Å². The molecule has 0 radical (unpaired) electrons. The van der Waals surface area contributed by atoms with Crippen LogP contribution in [0.5, 0.6) is 5.75 Å². The number of thioether (sulfide) groups is 2. The molecule has 0 atom stereocenters. The number of nitrogens with one attached hydrogen (secondary N) is 2. The molecule has 0 unspecified atom stereocenters. The van der Waals surface area contributed by atoms with E-state index in [1.165, 1.54) is 54.0 Å². The second-order valence-electron chi connectivity index (χ2n) is 7.37. The Balaban J connectivity index is 1.31. The Morgan fingerprint density at radius 2 is 1.85 bits per heavy atom. The van der Waals surface area contributed by atoms with Gasteiger partial charge < -0.3 is 19.8 Å². The van der Waals surface area contributed by atoms with Gasteiger partial charge in [0, 0.05) is 5.69 Å². The van der Waals surface area contributed by atoms with E-state index in [-0.39, 0.29) is 12.3 Å². The Hall–Kier alpha value is -2.91. The molecule has 1 aromatic heterocycles. The van der Waals surface area contributed by atoms with Crippen LogP contribution in [0.1, 0.15) is 32.7 Å². The number of hydrogen-bond donors (Lipinski definition) is 2. The number of carbonyl (C=O) groups is 2. The highest BCUT2D eigenvalue weighted by Crippen LogP contribution is 2.43. The van der Waals surface area contributed by atoms with Crippen molar-refractivity contribution in [1.82, 2.24) is 0 Å². The van der Waals surface area contributed by atoms with E-state index in [4.69, 9.17) is 9.15 Å². The Morgan fingerprint density at radius 3 is 2.55 bits per heavy atom. The van der Waals surface area contributed by atoms with Crippen molar-refractivity contribution in [2.45, 2.75) is 17.9 Å². The number of hydrogen-bond acceptors (Lipinski definition) is 6. The molecule has 1 saturated heterocycles. The summed E-state index contributed by atoms with van der Waals surface area (Å²) >= 11 is 3.90. The third kappa shape index (κ3) is 6.11. The van der Waals surface area contributed by atoms with E-state index in [0.717, 1.165) is 0 Å². The van der Waals surface area contributed by atoms with Gasteiger partial charge in [-0.25, -0.2) is 4.39 Å². The minimum atomic E-state index is -0.617. The molecule has 0 aliphatic carbocycles. The highest BCUT2D eigenvalue weighted by molar-refractivity contribution is 8.16.